The number of para-hydroxylation sites is 1. The maximum Gasteiger partial charge on any atom is 0.174 e. The highest BCUT2D eigenvalue weighted by Crippen LogP contribution is 2.32. The van der Waals surface area contributed by atoms with Gasteiger partial charge in [-0.05, 0) is 17.8 Å². The summed E-state index contributed by atoms with van der Waals surface area (Å²) in [7, 11) is 1.98. The molecule has 2 heterocycles. The van der Waals surface area contributed by atoms with Crippen molar-refractivity contribution in [1.29, 1.82) is 0 Å². The first-order chi connectivity index (χ1) is 11.3. The summed E-state index contributed by atoms with van der Waals surface area (Å²) in [6, 6.07) is 18.1. The minimum absolute atomic E-state index is 0.737. The van der Waals surface area contributed by atoms with E-state index < -0.39 is 0 Å². The summed E-state index contributed by atoms with van der Waals surface area (Å²) >= 11 is 1.56. The number of hydrogen-bond acceptors (Lipinski definition) is 4. The lowest BCUT2D eigenvalue weighted by molar-refractivity contribution is 0.789. The molecule has 4 aromatic rings. The summed E-state index contributed by atoms with van der Waals surface area (Å²) in [6.07, 6.45) is 3.73. The molecule has 0 atom stereocenters. The predicted molar refractivity (Wildman–Crippen MR) is 92.3 cm³/mol. The number of benzene rings is 2. The maximum atomic E-state index is 4.79. The second-order valence-electron chi connectivity index (χ2n) is 5.16. The lowest BCUT2D eigenvalue weighted by Crippen LogP contribution is -1.95. The van der Waals surface area contributed by atoms with Gasteiger partial charge >= 0.3 is 0 Å². The smallest absolute Gasteiger partial charge is 0.174 e. The van der Waals surface area contributed by atoms with Crippen molar-refractivity contribution in [3.05, 3.63) is 67.0 Å². The fraction of sp³-hybridized carbons (Fsp3) is 0.0556. The third-order valence-electron chi connectivity index (χ3n) is 3.57. The Morgan fingerprint density at radius 3 is 2.48 bits per heavy atom. The van der Waals surface area contributed by atoms with Gasteiger partial charge in [0.05, 0.1) is 5.52 Å². The van der Waals surface area contributed by atoms with Crippen LogP contribution in [0.15, 0.2) is 77.2 Å². The monoisotopic (exact) mass is 318 g/mol. The molecule has 0 unspecified atom stereocenters. The van der Waals surface area contributed by atoms with Crippen molar-refractivity contribution >= 4 is 22.7 Å². The molecule has 2 aromatic heterocycles. The van der Waals surface area contributed by atoms with Crippen molar-refractivity contribution in [2.24, 2.45) is 7.05 Å². The normalized spacial score (nSPS) is 11.0. The lowest BCUT2D eigenvalue weighted by Gasteiger charge is -2.08. The standard InChI is InChI=1S/C18H14N4S/c1-22-12-11-19-18(22)23-17-14-9-5-6-10-15(14)20-16(21-17)13-7-3-2-4-8-13/h2-12H,1H3. The summed E-state index contributed by atoms with van der Waals surface area (Å²) in [5.41, 5.74) is 1.96. The van der Waals surface area contributed by atoms with Crippen molar-refractivity contribution < 1.29 is 0 Å². The van der Waals surface area contributed by atoms with Crippen molar-refractivity contribution in [3.8, 4) is 11.4 Å². The Bertz CT molecular complexity index is 963. The molecule has 0 radical (unpaired) electrons. The molecule has 0 saturated heterocycles. The van der Waals surface area contributed by atoms with Gasteiger partial charge in [0.25, 0.3) is 0 Å². The lowest BCUT2D eigenvalue weighted by atomic mass is 10.2. The summed E-state index contributed by atoms with van der Waals surface area (Å²) < 4.78 is 1.99. The minimum Gasteiger partial charge on any atom is -0.329 e. The van der Waals surface area contributed by atoms with Gasteiger partial charge in [0.15, 0.2) is 11.0 Å². The Morgan fingerprint density at radius 1 is 0.913 bits per heavy atom. The predicted octanol–water partition coefficient (Wildman–Crippen LogP) is 4.18. The van der Waals surface area contributed by atoms with E-state index in [-0.39, 0.29) is 0 Å². The van der Waals surface area contributed by atoms with Crippen LogP contribution < -0.4 is 0 Å². The molecule has 0 aliphatic carbocycles. The highest BCUT2D eigenvalue weighted by Gasteiger charge is 2.12. The third kappa shape index (κ3) is 2.71. The summed E-state index contributed by atoms with van der Waals surface area (Å²) in [5, 5.41) is 2.87. The van der Waals surface area contributed by atoms with Gasteiger partial charge in [-0.2, -0.15) is 0 Å². The van der Waals surface area contributed by atoms with E-state index in [0.29, 0.717) is 0 Å². The fourth-order valence-corrected chi connectivity index (χ4v) is 3.28. The summed E-state index contributed by atoms with van der Waals surface area (Å²) in [6.45, 7) is 0. The topological polar surface area (TPSA) is 43.6 Å². The summed E-state index contributed by atoms with van der Waals surface area (Å²) in [5.74, 6) is 0.737. The molecular weight excluding hydrogens is 304 g/mol. The first-order valence-electron chi connectivity index (χ1n) is 7.28. The van der Waals surface area contributed by atoms with E-state index >= 15 is 0 Å². The Hall–Kier alpha value is -2.66. The van der Waals surface area contributed by atoms with Crippen LogP contribution in [0.25, 0.3) is 22.3 Å². The van der Waals surface area contributed by atoms with Gasteiger partial charge in [0, 0.05) is 30.4 Å². The fourth-order valence-electron chi connectivity index (χ4n) is 2.38. The van der Waals surface area contributed by atoms with Gasteiger partial charge in [0.1, 0.15) is 5.03 Å². The zero-order valence-electron chi connectivity index (χ0n) is 12.5. The minimum atomic E-state index is 0.737. The number of nitrogens with zero attached hydrogens (tertiary/aromatic N) is 4. The Kier molecular flexibility index (Phi) is 3.55. The number of rotatable bonds is 3. The molecule has 0 N–H and O–H groups in total. The molecule has 0 aliphatic heterocycles. The van der Waals surface area contributed by atoms with Crippen molar-refractivity contribution in [2.45, 2.75) is 10.2 Å². The van der Waals surface area contributed by atoms with Crippen LogP contribution >= 0.6 is 11.8 Å². The van der Waals surface area contributed by atoms with Crippen LogP contribution in [-0.2, 0) is 7.05 Å². The molecule has 2 aromatic carbocycles. The molecule has 0 saturated carbocycles. The van der Waals surface area contributed by atoms with Crippen LogP contribution in [0.1, 0.15) is 0 Å². The molecule has 0 fully saturated rings. The van der Waals surface area contributed by atoms with Crippen molar-refractivity contribution in [1.82, 2.24) is 19.5 Å². The number of imidazole rings is 1. The molecule has 0 amide bonds. The number of hydrogen-bond donors (Lipinski definition) is 0. The van der Waals surface area contributed by atoms with Gasteiger partial charge in [-0.1, -0.05) is 48.5 Å². The highest BCUT2D eigenvalue weighted by atomic mass is 32.2. The van der Waals surface area contributed by atoms with E-state index in [4.69, 9.17) is 9.97 Å². The van der Waals surface area contributed by atoms with E-state index in [9.17, 15) is 0 Å². The van der Waals surface area contributed by atoms with E-state index in [1.54, 1.807) is 18.0 Å². The molecule has 4 nitrogen and oxygen atoms in total. The number of aromatic nitrogens is 4. The number of fused-ring (bicyclic) bond motifs is 1. The van der Waals surface area contributed by atoms with E-state index in [1.165, 1.54) is 0 Å². The average Bonchev–Trinajstić information content (AvgIpc) is 3.00. The highest BCUT2D eigenvalue weighted by molar-refractivity contribution is 7.99. The number of aryl methyl sites for hydroxylation is 1. The average molecular weight is 318 g/mol. The van der Waals surface area contributed by atoms with Gasteiger partial charge < -0.3 is 4.57 Å². The molecule has 112 valence electrons. The Balaban J connectivity index is 1.89. The van der Waals surface area contributed by atoms with Crippen molar-refractivity contribution in [2.75, 3.05) is 0 Å². The van der Waals surface area contributed by atoms with E-state index in [1.807, 2.05) is 66.3 Å². The van der Waals surface area contributed by atoms with Crippen LogP contribution in [0, 0.1) is 0 Å². The first-order valence-corrected chi connectivity index (χ1v) is 8.10. The van der Waals surface area contributed by atoms with Crippen LogP contribution in [0.2, 0.25) is 0 Å². The molecule has 0 spiro atoms. The Labute approximate surface area is 138 Å². The Morgan fingerprint density at radius 2 is 1.70 bits per heavy atom. The summed E-state index contributed by atoms with van der Waals surface area (Å²) in [4.78, 5) is 13.9. The second-order valence-corrected chi connectivity index (χ2v) is 6.11. The van der Waals surface area contributed by atoms with Crippen LogP contribution in [0.4, 0.5) is 0 Å². The van der Waals surface area contributed by atoms with E-state index in [0.717, 1.165) is 32.5 Å². The van der Waals surface area contributed by atoms with Crippen molar-refractivity contribution in [3.63, 3.8) is 0 Å². The molecule has 5 heteroatoms. The SMILES string of the molecule is Cn1ccnc1Sc1nc(-c2ccccc2)nc2ccccc12. The quantitative estimate of drug-likeness (QED) is 0.531. The largest absolute Gasteiger partial charge is 0.329 e. The van der Waals surface area contributed by atoms with Gasteiger partial charge in [-0.15, -0.1) is 0 Å². The van der Waals surface area contributed by atoms with Gasteiger partial charge in [0.2, 0.25) is 0 Å². The van der Waals surface area contributed by atoms with Gasteiger partial charge in [-0.3, -0.25) is 0 Å². The molecule has 0 aliphatic rings. The first kappa shape index (κ1) is 14.0. The van der Waals surface area contributed by atoms with E-state index in [2.05, 4.69) is 11.1 Å². The maximum absolute atomic E-state index is 4.79. The zero-order chi connectivity index (χ0) is 15.6. The van der Waals surface area contributed by atoms with Crippen LogP contribution in [0.3, 0.4) is 0 Å². The molecule has 0 bridgehead atoms. The van der Waals surface area contributed by atoms with Gasteiger partial charge in [-0.25, -0.2) is 15.0 Å². The second kappa shape index (κ2) is 5.85. The molecular formula is C18H14N4S. The third-order valence-corrected chi connectivity index (χ3v) is 4.65. The van der Waals surface area contributed by atoms with Crippen LogP contribution in [0.5, 0.6) is 0 Å². The van der Waals surface area contributed by atoms with Crippen LogP contribution in [-0.4, -0.2) is 19.5 Å². The molecule has 23 heavy (non-hydrogen) atoms. The molecule has 4 rings (SSSR count). The zero-order valence-corrected chi connectivity index (χ0v) is 13.4.